The summed E-state index contributed by atoms with van der Waals surface area (Å²) < 4.78 is 4.93. The molecule has 0 aliphatic heterocycles. The van der Waals surface area contributed by atoms with E-state index < -0.39 is 5.91 Å². The third-order valence-corrected chi connectivity index (χ3v) is 2.48. The van der Waals surface area contributed by atoms with Gasteiger partial charge in [-0.1, -0.05) is 11.3 Å². The molecule has 0 aliphatic carbocycles. The van der Waals surface area contributed by atoms with Crippen molar-refractivity contribution >= 4 is 28.2 Å². The number of ether oxygens (including phenoxy) is 1. The summed E-state index contributed by atoms with van der Waals surface area (Å²) in [5.74, 6) is -0.842. The Hall–Kier alpha value is -1.56. The van der Waals surface area contributed by atoms with E-state index in [2.05, 4.69) is 5.32 Å². The smallest absolute Gasteiger partial charge is 0.251 e. The molecule has 76 valence electrons. The van der Waals surface area contributed by atoms with Gasteiger partial charge in [-0.3, -0.25) is 9.59 Å². The third-order valence-electron chi connectivity index (χ3n) is 1.47. The summed E-state index contributed by atoms with van der Waals surface area (Å²) in [6.07, 6.45) is 0. The van der Waals surface area contributed by atoms with E-state index in [1.165, 1.54) is 20.1 Å². The Kier molecular flexibility index (Phi) is 3.08. The number of carbonyl (C=O) groups excluding carboxylic acids is 2. The van der Waals surface area contributed by atoms with Crippen LogP contribution >= 0.6 is 11.3 Å². The lowest BCUT2D eigenvalue weighted by atomic mass is 10.3. The molecule has 0 aromatic carbocycles. The largest absolute Gasteiger partial charge is 0.487 e. The fourth-order valence-electron chi connectivity index (χ4n) is 0.905. The van der Waals surface area contributed by atoms with Crippen LogP contribution in [-0.4, -0.2) is 18.9 Å². The molecule has 0 fully saturated rings. The van der Waals surface area contributed by atoms with Crippen LogP contribution in [0.2, 0.25) is 0 Å². The van der Waals surface area contributed by atoms with Crippen molar-refractivity contribution in [1.29, 1.82) is 0 Å². The predicted octanol–water partition coefficient (Wildman–Crippen LogP) is 0.814. The number of primary amides is 1. The lowest BCUT2D eigenvalue weighted by Crippen LogP contribution is -2.14. The fraction of sp³-hybridized carbons (Fsp3) is 0.250. The van der Waals surface area contributed by atoms with E-state index in [-0.39, 0.29) is 11.5 Å². The van der Waals surface area contributed by atoms with Crippen LogP contribution in [0.25, 0.3) is 0 Å². The van der Waals surface area contributed by atoms with E-state index in [4.69, 9.17) is 10.5 Å². The number of hydrogen-bond donors (Lipinski definition) is 2. The minimum atomic E-state index is -0.590. The first kappa shape index (κ1) is 10.5. The normalized spacial score (nSPS) is 9.57. The first-order valence-electron chi connectivity index (χ1n) is 3.79. The fourth-order valence-corrected chi connectivity index (χ4v) is 1.83. The van der Waals surface area contributed by atoms with Crippen LogP contribution in [0.15, 0.2) is 6.07 Å². The highest BCUT2D eigenvalue weighted by Gasteiger charge is 2.14. The SMILES string of the molecule is COc1cc(C(N)=O)c(NC(C)=O)s1. The highest BCUT2D eigenvalue weighted by atomic mass is 32.1. The maximum Gasteiger partial charge on any atom is 0.251 e. The topological polar surface area (TPSA) is 81.4 Å². The highest BCUT2D eigenvalue weighted by Crippen LogP contribution is 2.33. The number of amides is 2. The first-order chi connectivity index (χ1) is 6.54. The Balaban J connectivity index is 3.05. The number of hydrogen-bond acceptors (Lipinski definition) is 4. The third kappa shape index (κ3) is 2.23. The summed E-state index contributed by atoms with van der Waals surface area (Å²) in [7, 11) is 1.48. The molecule has 0 atom stereocenters. The van der Waals surface area contributed by atoms with Crippen LogP contribution < -0.4 is 15.8 Å². The van der Waals surface area contributed by atoms with Crippen LogP contribution in [0.5, 0.6) is 5.06 Å². The van der Waals surface area contributed by atoms with Crippen molar-refractivity contribution in [2.75, 3.05) is 12.4 Å². The number of anilines is 1. The van der Waals surface area contributed by atoms with Gasteiger partial charge in [-0.2, -0.15) is 0 Å². The van der Waals surface area contributed by atoms with Gasteiger partial charge in [0, 0.05) is 13.0 Å². The van der Waals surface area contributed by atoms with Crippen LogP contribution in [-0.2, 0) is 4.79 Å². The molecule has 1 rings (SSSR count). The first-order valence-corrected chi connectivity index (χ1v) is 4.61. The summed E-state index contributed by atoms with van der Waals surface area (Å²) >= 11 is 1.16. The van der Waals surface area contributed by atoms with E-state index in [0.717, 1.165) is 11.3 Å². The van der Waals surface area contributed by atoms with Gasteiger partial charge in [0.1, 0.15) is 5.00 Å². The molecule has 0 unspecified atom stereocenters. The van der Waals surface area contributed by atoms with Gasteiger partial charge < -0.3 is 15.8 Å². The molecule has 1 aromatic heterocycles. The van der Waals surface area contributed by atoms with Crippen molar-refractivity contribution in [3.8, 4) is 5.06 Å². The highest BCUT2D eigenvalue weighted by molar-refractivity contribution is 7.18. The molecule has 1 aromatic rings. The number of nitrogens with two attached hydrogens (primary N) is 1. The van der Waals surface area contributed by atoms with Gasteiger partial charge in [-0.15, -0.1) is 0 Å². The van der Waals surface area contributed by atoms with Crippen LogP contribution in [0.3, 0.4) is 0 Å². The maximum absolute atomic E-state index is 11.0. The van der Waals surface area contributed by atoms with Crippen molar-refractivity contribution in [2.24, 2.45) is 5.73 Å². The Bertz CT molecular complexity index is 373. The zero-order chi connectivity index (χ0) is 10.7. The molecule has 2 amide bonds. The minimum Gasteiger partial charge on any atom is -0.487 e. The molecule has 0 spiro atoms. The van der Waals surface area contributed by atoms with Crippen molar-refractivity contribution in [2.45, 2.75) is 6.92 Å². The monoisotopic (exact) mass is 214 g/mol. The standard InChI is InChI=1S/C8H10N2O3S/c1-4(11)10-8-5(7(9)12)3-6(13-2)14-8/h3H,1-2H3,(H2,9,12)(H,10,11). The number of methoxy groups -OCH3 is 1. The lowest BCUT2D eigenvalue weighted by molar-refractivity contribution is -0.114. The van der Waals surface area contributed by atoms with E-state index in [1.807, 2.05) is 0 Å². The second-order valence-electron chi connectivity index (χ2n) is 2.56. The van der Waals surface area contributed by atoms with Gasteiger partial charge in [0.05, 0.1) is 12.7 Å². The Morgan fingerprint density at radius 2 is 2.21 bits per heavy atom. The number of carbonyl (C=O) groups is 2. The predicted molar refractivity (Wildman–Crippen MR) is 53.7 cm³/mol. The summed E-state index contributed by atoms with van der Waals surface area (Å²) in [5, 5.41) is 3.46. The lowest BCUT2D eigenvalue weighted by Gasteiger charge is -1.98. The van der Waals surface area contributed by atoms with Crippen LogP contribution in [0, 0.1) is 0 Å². The van der Waals surface area contributed by atoms with Crippen LogP contribution in [0.4, 0.5) is 5.00 Å². The molecule has 0 radical (unpaired) electrons. The van der Waals surface area contributed by atoms with Gasteiger partial charge in [0.25, 0.3) is 5.91 Å². The Morgan fingerprint density at radius 3 is 2.64 bits per heavy atom. The summed E-state index contributed by atoms with van der Waals surface area (Å²) in [6.45, 7) is 1.36. The van der Waals surface area contributed by atoms with Gasteiger partial charge in [-0.05, 0) is 0 Å². The van der Waals surface area contributed by atoms with Crippen molar-refractivity contribution < 1.29 is 14.3 Å². The van der Waals surface area contributed by atoms with Crippen LogP contribution in [0.1, 0.15) is 17.3 Å². The molecule has 3 N–H and O–H groups in total. The molecule has 0 saturated heterocycles. The molecule has 0 saturated carbocycles. The molecule has 0 aliphatic rings. The second-order valence-corrected chi connectivity index (χ2v) is 3.57. The van der Waals surface area contributed by atoms with Gasteiger partial charge in [0.15, 0.2) is 5.06 Å². The van der Waals surface area contributed by atoms with E-state index in [9.17, 15) is 9.59 Å². The molecular formula is C8H10N2O3S. The second kappa shape index (κ2) is 4.10. The molecule has 0 bridgehead atoms. The molecule has 1 heterocycles. The van der Waals surface area contributed by atoms with Gasteiger partial charge in [-0.25, -0.2) is 0 Å². The van der Waals surface area contributed by atoms with E-state index in [0.29, 0.717) is 10.1 Å². The molecular weight excluding hydrogens is 204 g/mol. The Labute approximate surface area is 84.9 Å². The number of thiophene rings is 1. The maximum atomic E-state index is 11.0. The zero-order valence-electron chi connectivity index (χ0n) is 7.79. The van der Waals surface area contributed by atoms with E-state index in [1.54, 1.807) is 0 Å². The average Bonchev–Trinajstić information content (AvgIpc) is 2.46. The average molecular weight is 214 g/mol. The molecule has 5 nitrogen and oxygen atoms in total. The Morgan fingerprint density at radius 1 is 1.57 bits per heavy atom. The number of rotatable bonds is 3. The minimum absolute atomic E-state index is 0.253. The molecule has 14 heavy (non-hydrogen) atoms. The summed E-state index contributed by atoms with van der Waals surface area (Å²) in [4.78, 5) is 21.7. The quantitative estimate of drug-likeness (QED) is 0.781. The number of nitrogens with one attached hydrogen (secondary N) is 1. The van der Waals surface area contributed by atoms with E-state index >= 15 is 0 Å². The van der Waals surface area contributed by atoms with Crippen molar-refractivity contribution in [3.63, 3.8) is 0 Å². The summed E-state index contributed by atoms with van der Waals surface area (Å²) in [5.41, 5.74) is 5.38. The summed E-state index contributed by atoms with van der Waals surface area (Å²) in [6, 6.07) is 1.50. The molecule has 6 heteroatoms. The van der Waals surface area contributed by atoms with Crippen molar-refractivity contribution in [1.82, 2.24) is 0 Å². The van der Waals surface area contributed by atoms with Gasteiger partial charge >= 0.3 is 0 Å². The zero-order valence-corrected chi connectivity index (χ0v) is 8.60. The van der Waals surface area contributed by atoms with Crippen molar-refractivity contribution in [3.05, 3.63) is 11.6 Å². The van der Waals surface area contributed by atoms with Gasteiger partial charge in [0.2, 0.25) is 5.91 Å².